The molecule has 0 aliphatic carbocycles. The van der Waals surface area contributed by atoms with Gasteiger partial charge in [0.05, 0.1) is 18.4 Å². The van der Waals surface area contributed by atoms with Crippen LogP contribution in [0.25, 0.3) is 11.0 Å². The van der Waals surface area contributed by atoms with Crippen LogP contribution in [0.4, 0.5) is 5.69 Å². The first-order valence-corrected chi connectivity index (χ1v) is 7.66. The van der Waals surface area contributed by atoms with Crippen LogP contribution >= 0.6 is 15.9 Å². The molecular formula is C13H11BrN8O3. The molecule has 6 N–H and O–H groups in total. The molecule has 3 rings (SSSR count). The van der Waals surface area contributed by atoms with E-state index in [4.69, 9.17) is 5.73 Å². The molecule has 3 aromatic rings. The van der Waals surface area contributed by atoms with Gasteiger partial charge in [-0.05, 0) is 28.1 Å². The van der Waals surface area contributed by atoms with Gasteiger partial charge in [-0.3, -0.25) is 19.5 Å². The number of primary amides is 1. The van der Waals surface area contributed by atoms with Gasteiger partial charge in [0, 0.05) is 10.0 Å². The minimum absolute atomic E-state index is 0.00354. The average Bonchev–Trinajstić information content (AvgIpc) is 3.21. The van der Waals surface area contributed by atoms with Crippen molar-refractivity contribution in [2.24, 2.45) is 5.73 Å². The van der Waals surface area contributed by atoms with Gasteiger partial charge in [0.15, 0.2) is 0 Å². The molecule has 0 saturated carbocycles. The Labute approximate surface area is 147 Å². The number of aromatic nitrogens is 5. The predicted octanol–water partition coefficient (Wildman–Crippen LogP) is -0.0891. The second-order valence-electron chi connectivity index (χ2n) is 4.91. The number of rotatable bonds is 5. The smallest absolute Gasteiger partial charge is 0.271 e. The first-order chi connectivity index (χ1) is 12.0. The van der Waals surface area contributed by atoms with Gasteiger partial charge in [-0.1, -0.05) is 0 Å². The number of fused-ring (bicyclic) bond motifs is 1. The lowest BCUT2D eigenvalue weighted by molar-refractivity contribution is -0.117. The molecule has 128 valence electrons. The number of carbonyl (C=O) groups is 3. The third-order valence-electron chi connectivity index (χ3n) is 3.18. The van der Waals surface area contributed by atoms with Crippen LogP contribution < -0.4 is 16.4 Å². The highest BCUT2D eigenvalue weighted by Crippen LogP contribution is 2.23. The van der Waals surface area contributed by atoms with E-state index in [0.29, 0.717) is 21.1 Å². The highest BCUT2D eigenvalue weighted by atomic mass is 79.9. The SMILES string of the molecule is NC(=O)CNC(=O)c1[nH]ncc1NC(=O)c1cc(Br)c2n[nH]nc2c1. The van der Waals surface area contributed by atoms with Crippen molar-refractivity contribution < 1.29 is 14.4 Å². The molecule has 0 radical (unpaired) electrons. The quantitative estimate of drug-likeness (QED) is 0.396. The van der Waals surface area contributed by atoms with Gasteiger partial charge >= 0.3 is 0 Å². The van der Waals surface area contributed by atoms with Gasteiger partial charge in [0.25, 0.3) is 11.8 Å². The Morgan fingerprint density at radius 2 is 2.00 bits per heavy atom. The Balaban J connectivity index is 1.80. The Hall–Kier alpha value is -3.28. The highest BCUT2D eigenvalue weighted by Gasteiger charge is 2.18. The van der Waals surface area contributed by atoms with Gasteiger partial charge < -0.3 is 16.4 Å². The number of nitrogens with zero attached hydrogens (tertiary/aromatic N) is 3. The molecule has 3 amide bonds. The minimum atomic E-state index is -0.691. The number of halogens is 1. The summed E-state index contributed by atoms with van der Waals surface area (Å²) in [6.45, 7) is -0.332. The first-order valence-electron chi connectivity index (χ1n) is 6.87. The molecule has 0 spiro atoms. The number of benzene rings is 1. The summed E-state index contributed by atoms with van der Waals surface area (Å²) in [4.78, 5) is 35.1. The van der Waals surface area contributed by atoms with Crippen LogP contribution in [0.5, 0.6) is 0 Å². The van der Waals surface area contributed by atoms with Crippen molar-refractivity contribution in [1.82, 2.24) is 30.9 Å². The summed E-state index contributed by atoms with van der Waals surface area (Å²) in [5.74, 6) is -1.79. The van der Waals surface area contributed by atoms with E-state index in [9.17, 15) is 14.4 Å². The molecule has 0 bridgehead atoms. The zero-order valence-corrected chi connectivity index (χ0v) is 14.0. The maximum Gasteiger partial charge on any atom is 0.271 e. The Morgan fingerprint density at radius 3 is 2.76 bits per heavy atom. The Kier molecular flexibility index (Phi) is 4.43. The molecule has 25 heavy (non-hydrogen) atoms. The van der Waals surface area contributed by atoms with Crippen molar-refractivity contribution >= 4 is 50.4 Å². The number of anilines is 1. The number of nitrogens with one attached hydrogen (secondary N) is 4. The van der Waals surface area contributed by atoms with Crippen LogP contribution in [-0.2, 0) is 4.79 Å². The summed E-state index contributed by atoms with van der Waals surface area (Å²) in [6, 6.07) is 3.12. The van der Waals surface area contributed by atoms with E-state index in [1.807, 2.05) is 0 Å². The first kappa shape index (κ1) is 16.6. The van der Waals surface area contributed by atoms with Gasteiger partial charge in [-0.25, -0.2) is 0 Å². The number of aromatic amines is 2. The molecule has 12 heteroatoms. The zero-order chi connectivity index (χ0) is 18.0. The third-order valence-corrected chi connectivity index (χ3v) is 3.78. The molecule has 11 nitrogen and oxygen atoms in total. The molecule has 0 aliphatic rings. The van der Waals surface area contributed by atoms with Crippen LogP contribution in [0.15, 0.2) is 22.8 Å². The Morgan fingerprint density at radius 1 is 1.20 bits per heavy atom. The van der Waals surface area contributed by atoms with E-state index in [1.54, 1.807) is 12.1 Å². The summed E-state index contributed by atoms with van der Waals surface area (Å²) in [5.41, 5.74) is 6.52. The maximum absolute atomic E-state index is 12.4. The number of H-pyrrole nitrogens is 2. The van der Waals surface area contributed by atoms with Gasteiger partial charge in [-0.15, -0.1) is 0 Å². The van der Waals surface area contributed by atoms with E-state index in [2.05, 4.69) is 52.2 Å². The van der Waals surface area contributed by atoms with Crippen LogP contribution in [0.1, 0.15) is 20.8 Å². The van der Waals surface area contributed by atoms with Crippen molar-refractivity contribution in [3.05, 3.63) is 34.1 Å². The fraction of sp³-hybridized carbons (Fsp3) is 0.0769. The maximum atomic E-state index is 12.4. The van der Waals surface area contributed by atoms with Crippen LogP contribution in [-0.4, -0.2) is 49.9 Å². The van der Waals surface area contributed by atoms with Crippen LogP contribution in [0, 0.1) is 0 Å². The fourth-order valence-electron chi connectivity index (χ4n) is 2.04. The number of amides is 3. The summed E-state index contributed by atoms with van der Waals surface area (Å²) in [6.07, 6.45) is 1.28. The second-order valence-corrected chi connectivity index (χ2v) is 5.77. The van der Waals surface area contributed by atoms with Crippen molar-refractivity contribution in [2.45, 2.75) is 0 Å². The van der Waals surface area contributed by atoms with Gasteiger partial charge in [-0.2, -0.15) is 20.5 Å². The minimum Gasteiger partial charge on any atom is -0.368 e. The van der Waals surface area contributed by atoms with Crippen molar-refractivity contribution in [2.75, 3.05) is 11.9 Å². The van der Waals surface area contributed by atoms with E-state index in [0.717, 1.165) is 0 Å². The van der Waals surface area contributed by atoms with Crippen molar-refractivity contribution in [3.8, 4) is 0 Å². The van der Waals surface area contributed by atoms with Gasteiger partial charge in [0.2, 0.25) is 5.91 Å². The second kappa shape index (κ2) is 6.68. The van der Waals surface area contributed by atoms with E-state index < -0.39 is 17.7 Å². The lowest BCUT2D eigenvalue weighted by Crippen LogP contribution is -2.34. The largest absolute Gasteiger partial charge is 0.368 e. The predicted molar refractivity (Wildman–Crippen MR) is 89.7 cm³/mol. The molecule has 0 aliphatic heterocycles. The normalized spacial score (nSPS) is 10.6. The number of hydrogen-bond donors (Lipinski definition) is 5. The molecule has 0 atom stereocenters. The topological polar surface area (TPSA) is 172 Å². The fourth-order valence-corrected chi connectivity index (χ4v) is 2.58. The van der Waals surface area contributed by atoms with Crippen LogP contribution in [0.2, 0.25) is 0 Å². The Bertz CT molecular complexity index is 979. The van der Waals surface area contributed by atoms with Crippen molar-refractivity contribution in [3.63, 3.8) is 0 Å². The summed E-state index contributed by atoms with van der Waals surface area (Å²) >= 11 is 3.32. The molecule has 0 fully saturated rings. The molecule has 2 heterocycles. The van der Waals surface area contributed by atoms with E-state index in [1.165, 1.54) is 6.20 Å². The summed E-state index contributed by atoms with van der Waals surface area (Å²) in [5, 5.41) is 21.4. The average molecular weight is 407 g/mol. The lowest BCUT2D eigenvalue weighted by atomic mass is 10.2. The van der Waals surface area contributed by atoms with Gasteiger partial charge in [0.1, 0.15) is 16.7 Å². The summed E-state index contributed by atoms with van der Waals surface area (Å²) in [7, 11) is 0. The molecule has 0 unspecified atom stereocenters. The van der Waals surface area contributed by atoms with Crippen molar-refractivity contribution in [1.29, 1.82) is 0 Å². The number of carbonyl (C=O) groups excluding carboxylic acids is 3. The molecule has 1 aromatic carbocycles. The van der Waals surface area contributed by atoms with E-state index in [-0.39, 0.29) is 17.9 Å². The standard InChI is InChI=1S/C13H11BrN8O3/c14-6-1-5(2-7-10(6)21-22-19-7)12(24)18-8-3-17-20-11(8)13(25)16-4-9(15)23/h1-3H,4H2,(H2,15,23)(H,16,25)(H,17,20)(H,18,24)(H,19,21,22). The van der Waals surface area contributed by atoms with Crippen LogP contribution in [0.3, 0.4) is 0 Å². The zero-order valence-electron chi connectivity index (χ0n) is 12.5. The third kappa shape index (κ3) is 3.47. The lowest BCUT2D eigenvalue weighted by Gasteiger charge is -2.06. The molecular weight excluding hydrogens is 396 g/mol. The summed E-state index contributed by atoms with van der Waals surface area (Å²) < 4.78 is 0.593. The number of nitrogens with two attached hydrogens (primary N) is 1. The number of hydrogen-bond acceptors (Lipinski definition) is 6. The highest BCUT2D eigenvalue weighted by molar-refractivity contribution is 9.10. The van der Waals surface area contributed by atoms with E-state index >= 15 is 0 Å². The molecule has 2 aromatic heterocycles. The molecule has 0 saturated heterocycles. The monoisotopic (exact) mass is 406 g/mol.